The number of nitrogens with one attached hydrogen (secondary N) is 1. The van der Waals surface area contributed by atoms with Crippen LogP contribution < -0.4 is 10.2 Å². The Bertz CT molecular complexity index is 913. The average molecular weight is 386 g/mol. The van der Waals surface area contributed by atoms with Gasteiger partial charge < -0.3 is 10.1 Å². The summed E-state index contributed by atoms with van der Waals surface area (Å²) in [5, 5.41) is 2.91. The number of amides is 2. The van der Waals surface area contributed by atoms with Gasteiger partial charge in [-0.2, -0.15) is 0 Å². The summed E-state index contributed by atoms with van der Waals surface area (Å²) in [5.74, 6) is -2.33. The Morgan fingerprint density at radius 1 is 1.21 bits per heavy atom. The Morgan fingerprint density at radius 2 is 1.93 bits per heavy atom. The Balaban J connectivity index is 1.42. The Hall–Kier alpha value is -2.96. The van der Waals surface area contributed by atoms with Gasteiger partial charge in [-0.05, 0) is 43.2 Å². The summed E-state index contributed by atoms with van der Waals surface area (Å²) < 4.78 is 32.8. The van der Waals surface area contributed by atoms with E-state index < -0.39 is 23.5 Å². The second-order valence-corrected chi connectivity index (χ2v) is 7.18. The Labute approximate surface area is 161 Å². The fraction of sp³-hybridized carbons (Fsp3) is 0.333. The van der Waals surface area contributed by atoms with E-state index in [9.17, 15) is 18.4 Å². The third-order valence-corrected chi connectivity index (χ3v) is 5.30. The van der Waals surface area contributed by atoms with Gasteiger partial charge in [-0.15, -0.1) is 0 Å². The van der Waals surface area contributed by atoms with Gasteiger partial charge in [0.05, 0.1) is 12.6 Å². The van der Waals surface area contributed by atoms with Crippen molar-refractivity contribution in [3.63, 3.8) is 0 Å². The molecule has 2 fully saturated rings. The standard InChI is InChI=1S/C21H20F2N2O3/c1-12(13-4-2-5-14(10-13)25-8-9-28-21(25)27)24-20(26)16-11-15(16)19-17(22)6-3-7-18(19)23/h2-7,10,12,15-16H,8-9,11H2,1H3,(H,24,26)/t12-,15+,16+/m0/s1. The largest absolute Gasteiger partial charge is 0.447 e. The maximum Gasteiger partial charge on any atom is 0.414 e. The van der Waals surface area contributed by atoms with Crippen LogP contribution in [0.3, 0.4) is 0 Å². The van der Waals surface area contributed by atoms with Crippen molar-refractivity contribution in [2.24, 2.45) is 5.92 Å². The molecule has 0 unspecified atom stereocenters. The number of hydrogen-bond acceptors (Lipinski definition) is 3. The van der Waals surface area contributed by atoms with Crippen molar-refractivity contribution >= 4 is 17.7 Å². The van der Waals surface area contributed by atoms with E-state index in [0.29, 0.717) is 25.3 Å². The molecule has 146 valence electrons. The zero-order valence-corrected chi connectivity index (χ0v) is 15.3. The highest BCUT2D eigenvalue weighted by Gasteiger charge is 2.46. The van der Waals surface area contributed by atoms with Gasteiger partial charge in [0.15, 0.2) is 0 Å². The van der Waals surface area contributed by atoms with Crippen molar-refractivity contribution in [2.75, 3.05) is 18.1 Å². The predicted molar refractivity (Wildman–Crippen MR) is 98.9 cm³/mol. The summed E-state index contributed by atoms with van der Waals surface area (Å²) in [6, 6.07) is 10.7. The van der Waals surface area contributed by atoms with Crippen LogP contribution in [0.15, 0.2) is 42.5 Å². The number of cyclic esters (lactones) is 1. The zero-order valence-electron chi connectivity index (χ0n) is 15.3. The van der Waals surface area contributed by atoms with Gasteiger partial charge in [0.1, 0.15) is 18.2 Å². The first kappa shape index (κ1) is 18.4. The highest BCUT2D eigenvalue weighted by atomic mass is 19.1. The van der Waals surface area contributed by atoms with Gasteiger partial charge in [-0.3, -0.25) is 9.69 Å². The molecule has 2 aromatic carbocycles. The van der Waals surface area contributed by atoms with E-state index in [2.05, 4.69) is 5.32 Å². The van der Waals surface area contributed by atoms with Gasteiger partial charge in [-0.25, -0.2) is 13.6 Å². The number of ether oxygens (including phenoxy) is 1. The molecule has 2 aliphatic rings. The number of carbonyl (C=O) groups is 2. The summed E-state index contributed by atoms with van der Waals surface area (Å²) >= 11 is 0. The summed E-state index contributed by atoms with van der Waals surface area (Å²) in [4.78, 5) is 25.8. The summed E-state index contributed by atoms with van der Waals surface area (Å²) in [5.41, 5.74) is 1.53. The van der Waals surface area contributed by atoms with E-state index in [0.717, 1.165) is 5.56 Å². The first-order valence-corrected chi connectivity index (χ1v) is 9.24. The van der Waals surface area contributed by atoms with Crippen molar-refractivity contribution in [3.8, 4) is 0 Å². The van der Waals surface area contributed by atoms with Crippen LogP contribution in [0.1, 0.15) is 36.4 Å². The normalized spacial score (nSPS) is 22.0. The third-order valence-electron chi connectivity index (χ3n) is 5.30. The minimum Gasteiger partial charge on any atom is -0.447 e. The van der Waals surface area contributed by atoms with Crippen LogP contribution >= 0.6 is 0 Å². The van der Waals surface area contributed by atoms with Gasteiger partial charge in [0, 0.05) is 23.1 Å². The Morgan fingerprint density at radius 3 is 2.61 bits per heavy atom. The van der Waals surface area contributed by atoms with Crippen LogP contribution in [0.5, 0.6) is 0 Å². The minimum atomic E-state index is -0.612. The van der Waals surface area contributed by atoms with Gasteiger partial charge in [-0.1, -0.05) is 18.2 Å². The zero-order chi connectivity index (χ0) is 19.8. The fourth-order valence-electron chi connectivity index (χ4n) is 3.66. The fourth-order valence-corrected chi connectivity index (χ4v) is 3.66. The predicted octanol–water partition coefficient (Wildman–Crippen LogP) is 3.90. The van der Waals surface area contributed by atoms with Crippen molar-refractivity contribution in [1.82, 2.24) is 5.32 Å². The van der Waals surface area contributed by atoms with Gasteiger partial charge in [0.25, 0.3) is 0 Å². The van der Waals surface area contributed by atoms with Crippen LogP contribution in [0.4, 0.5) is 19.3 Å². The number of halogens is 2. The minimum absolute atomic E-state index is 0.00940. The summed E-state index contributed by atoms with van der Waals surface area (Å²) in [6.45, 7) is 2.67. The molecule has 7 heteroatoms. The maximum absolute atomic E-state index is 13.9. The molecule has 5 nitrogen and oxygen atoms in total. The number of carbonyl (C=O) groups excluding carboxylic acids is 2. The number of nitrogens with zero attached hydrogens (tertiary/aromatic N) is 1. The lowest BCUT2D eigenvalue weighted by Gasteiger charge is -2.18. The Kier molecular flexibility index (Phi) is 4.75. The molecule has 0 bridgehead atoms. The van der Waals surface area contributed by atoms with E-state index in [1.165, 1.54) is 23.1 Å². The molecule has 1 saturated carbocycles. The van der Waals surface area contributed by atoms with Crippen LogP contribution in [0.2, 0.25) is 0 Å². The van der Waals surface area contributed by atoms with E-state index in [-0.39, 0.29) is 23.6 Å². The molecule has 28 heavy (non-hydrogen) atoms. The highest BCUT2D eigenvalue weighted by molar-refractivity contribution is 5.89. The average Bonchev–Trinajstić information content (AvgIpc) is 3.34. The van der Waals surface area contributed by atoms with Gasteiger partial charge >= 0.3 is 6.09 Å². The molecule has 0 aromatic heterocycles. The monoisotopic (exact) mass is 386 g/mol. The van der Waals surface area contributed by atoms with Crippen molar-refractivity contribution in [2.45, 2.75) is 25.3 Å². The molecular weight excluding hydrogens is 366 g/mol. The van der Waals surface area contributed by atoms with Crippen LogP contribution in [-0.4, -0.2) is 25.2 Å². The second kappa shape index (κ2) is 7.22. The molecule has 2 aromatic rings. The molecule has 4 rings (SSSR count). The number of hydrogen-bond donors (Lipinski definition) is 1. The van der Waals surface area contributed by atoms with E-state index in [1.54, 1.807) is 0 Å². The van der Waals surface area contributed by atoms with E-state index >= 15 is 0 Å². The molecule has 0 spiro atoms. The maximum atomic E-state index is 13.9. The molecule has 1 aliphatic heterocycles. The topological polar surface area (TPSA) is 58.6 Å². The molecule has 1 N–H and O–H groups in total. The molecule has 3 atom stereocenters. The second-order valence-electron chi connectivity index (χ2n) is 7.18. The molecule has 1 aliphatic carbocycles. The third kappa shape index (κ3) is 3.44. The summed E-state index contributed by atoms with van der Waals surface area (Å²) in [6.07, 6.45) is 0.0392. The molecule has 0 radical (unpaired) electrons. The lowest BCUT2D eigenvalue weighted by Crippen LogP contribution is -2.29. The SMILES string of the molecule is C[C@H](NC(=O)[C@@H]1C[C@H]1c1c(F)cccc1F)c1cccc(N2CCOC2=O)c1. The molecule has 1 heterocycles. The molecule has 2 amide bonds. The lowest BCUT2D eigenvalue weighted by atomic mass is 10.1. The lowest BCUT2D eigenvalue weighted by molar-refractivity contribution is -0.123. The quantitative estimate of drug-likeness (QED) is 0.848. The van der Waals surface area contributed by atoms with Crippen LogP contribution in [0.25, 0.3) is 0 Å². The van der Waals surface area contributed by atoms with Crippen molar-refractivity contribution < 1.29 is 23.1 Å². The first-order chi connectivity index (χ1) is 13.5. The number of rotatable bonds is 5. The number of benzene rings is 2. The molecular formula is C21H20F2N2O3. The summed E-state index contributed by atoms with van der Waals surface area (Å²) in [7, 11) is 0. The van der Waals surface area contributed by atoms with E-state index in [4.69, 9.17) is 4.74 Å². The van der Waals surface area contributed by atoms with Gasteiger partial charge in [0.2, 0.25) is 5.91 Å². The number of anilines is 1. The van der Waals surface area contributed by atoms with Crippen molar-refractivity contribution in [3.05, 3.63) is 65.2 Å². The van der Waals surface area contributed by atoms with Crippen molar-refractivity contribution in [1.29, 1.82) is 0 Å². The highest BCUT2D eigenvalue weighted by Crippen LogP contribution is 2.49. The smallest absolute Gasteiger partial charge is 0.414 e. The van der Waals surface area contributed by atoms with Crippen LogP contribution in [-0.2, 0) is 9.53 Å². The van der Waals surface area contributed by atoms with Crippen LogP contribution in [0, 0.1) is 17.6 Å². The van der Waals surface area contributed by atoms with E-state index in [1.807, 2.05) is 31.2 Å². The first-order valence-electron chi connectivity index (χ1n) is 9.24. The molecule has 1 saturated heterocycles.